The number of aromatic nitrogens is 3. The second-order valence-corrected chi connectivity index (χ2v) is 24.9. The molecule has 25 heteroatoms. The summed E-state index contributed by atoms with van der Waals surface area (Å²) < 4.78 is 53.2. The summed E-state index contributed by atoms with van der Waals surface area (Å²) in [6, 6.07) is 23.9. The fourth-order valence-electron chi connectivity index (χ4n) is 9.90. The third kappa shape index (κ3) is 16.2. The number of anilines is 3. The maximum absolute atomic E-state index is 13.5. The van der Waals surface area contributed by atoms with E-state index in [-0.39, 0.29) is 75.7 Å². The summed E-state index contributed by atoms with van der Waals surface area (Å²) >= 11 is 4.23. The third-order valence-electron chi connectivity index (χ3n) is 13.5. The number of carbonyl (C=O) groups is 5. The molecule has 6 aromatic carbocycles. The Bertz CT molecular complexity index is 3860. The molecule has 0 bridgehead atoms. The number of fused-ring (bicyclic) bond motifs is 9. The molecule has 12 rings (SSSR count). The highest BCUT2D eigenvalue weighted by molar-refractivity contribution is 7.59. The van der Waals surface area contributed by atoms with Crippen LogP contribution in [0.4, 0.5) is 38.2 Å². The van der Waals surface area contributed by atoms with E-state index in [9.17, 15) is 37.1 Å². The number of carboxylic acid groups (broad SMARTS) is 1. The number of hydrogen-bond donors (Lipinski definition) is 4. The lowest BCUT2D eigenvalue weighted by atomic mass is 10.1. The molecule has 4 amide bonds. The summed E-state index contributed by atoms with van der Waals surface area (Å²) in [6.45, 7) is 11.6. The number of amides is 4. The Morgan fingerprint density at radius 3 is 1.33 bits per heavy atom. The number of nitrogens with zero attached hydrogens (tertiary/aromatic N) is 5. The van der Waals surface area contributed by atoms with Crippen LogP contribution in [0.3, 0.4) is 0 Å². The molecule has 5 heterocycles. The Labute approximate surface area is 516 Å². The average molecular weight is 1270 g/mol. The van der Waals surface area contributed by atoms with E-state index < -0.39 is 41.4 Å². The van der Waals surface area contributed by atoms with E-state index in [0.29, 0.717) is 41.3 Å². The second kappa shape index (κ2) is 28.0. The zero-order valence-electron chi connectivity index (χ0n) is 46.9. The Hall–Kier alpha value is -6.64. The van der Waals surface area contributed by atoms with Crippen LogP contribution in [0.2, 0.25) is 0 Å². The standard InChI is InChI=1S/C21H22FN3O3S.C17H15FN2OS.C11H7FN2S.C10H17NO4.3H2S/c1-21(2,3)28-20(27)25-10-4-5-16(25)18(26)24-19-23-15-9-6-12-11-13(22)7-8-14(12)17(15)29-19;18-12-6-7-13-11(9-12)5-8-14-15(13)22-17(19-14)20-16(21)10-3-1-2-4-10;12-7-2-3-8-6(5-7)1-4-9-10(8)15-11(13)14-9;1-10(2,3)15-9(14)11-6-4-5-7(11)8(12)13;;;/h6-9,11,16H,4-5,10H2,1-3H3,(H,23,24,26);5-10H,1-4H2,(H,19,20,21);1-5H,(H2,13,14);7H,4-6H2,1-3H3,(H,12,13);3*1H2/t16-;;;7-;;;/m0..0.../s1. The first-order chi connectivity index (χ1) is 38.5. The molecule has 448 valence electrons. The van der Waals surface area contributed by atoms with Gasteiger partial charge >= 0.3 is 18.2 Å². The van der Waals surface area contributed by atoms with Crippen LogP contribution < -0.4 is 16.4 Å². The molecular formula is C59H67F3N8O8S6. The van der Waals surface area contributed by atoms with Crippen molar-refractivity contribution in [1.82, 2.24) is 24.8 Å². The van der Waals surface area contributed by atoms with E-state index >= 15 is 0 Å². The molecule has 2 aliphatic heterocycles. The summed E-state index contributed by atoms with van der Waals surface area (Å²) in [6.07, 6.45) is 5.75. The number of nitrogens with two attached hydrogens (primary N) is 1. The summed E-state index contributed by atoms with van der Waals surface area (Å²) in [7, 11) is 0. The molecule has 3 aromatic heterocycles. The van der Waals surface area contributed by atoms with Crippen molar-refractivity contribution in [3.8, 4) is 0 Å². The van der Waals surface area contributed by atoms with E-state index in [2.05, 4.69) is 25.6 Å². The van der Waals surface area contributed by atoms with Gasteiger partial charge in [-0.25, -0.2) is 42.5 Å². The van der Waals surface area contributed by atoms with Crippen molar-refractivity contribution >= 4 is 183 Å². The first kappa shape index (κ1) is 66.5. The van der Waals surface area contributed by atoms with Crippen LogP contribution in [0.25, 0.3) is 63.0 Å². The molecule has 5 N–H and O–H groups in total. The van der Waals surface area contributed by atoms with Crippen LogP contribution in [0.1, 0.15) is 92.9 Å². The number of carboxylic acids is 1. The number of nitrogens with one attached hydrogen (secondary N) is 2. The van der Waals surface area contributed by atoms with E-state index in [0.717, 1.165) is 101 Å². The Balaban J connectivity index is 0.000000184. The quantitative estimate of drug-likeness (QED) is 0.126. The highest BCUT2D eigenvalue weighted by Gasteiger charge is 2.38. The van der Waals surface area contributed by atoms with E-state index in [1.807, 2.05) is 36.4 Å². The smallest absolute Gasteiger partial charge is 0.411 e. The molecule has 2 atom stereocenters. The van der Waals surface area contributed by atoms with Crippen molar-refractivity contribution in [3.05, 3.63) is 108 Å². The number of halogens is 3. The molecular weight excluding hydrogens is 1200 g/mol. The van der Waals surface area contributed by atoms with Gasteiger partial charge in [0, 0.05) is 35.2 Å². The number of aliphatic carboxylic acids is 1. The van der Waals surface area contributed by atoms with Gasteiger partial charge in [0.1, 0.15) is 40.7 Å². The van der Waals surface area contributed by atoms with Crippen LogP contribution in [-0.2, 0) is 23.9 Å². The molecule has 9 aromatic rings. The zero-order valence-corrected chi connectivity index (χ0v) is 52.4. The molecule has 0 unspecified atom stereocenters. The molecule has 0 spiro atoms. The van der Waals surface area contributed by atoms with Gasteiger partial charge in [0.2, 0.25) is 11.8 Å². The number of nitrogen functional groups attached to an aromatic ring is 1. The maximum Gasteiger partial charge on any atom is 0.411 e. The van der Waals surface area contributed by atoms with Crippen molar-refractivity contribution in [3.63, 3.8) is 0 Å². The Morgan fingerprint density at radius 2 is 0.917 bits per heavy atom. The number of hydrogen-bond acceptors (Lipinski definition) is 14. The second-order valence-electron chi connectivity index (χ2n) is 21.9. The SMILES string of the molecule is CC(C)(C)OC(=O)N1CCC[C@H]1C(=O)Nc1nc2ccc3cc(F)ccc3c2s1.CC(C)(C)OC(=O)N1CCC[C@H]1C(=O)O.Nc1nc2ccc3cc(F)ccc3c2s1.O=C(Nc1nc2ccc3cc(F)ccc3c2s1)C1CCCC1.S.S.S. The first-order valence-corrected chi connectivity index (χ1v) is 29.0. The summed E-state index contributed by atoms with van der Waals surface area (Å²) in [5, 5.41) is 21.7. The zero-order chi connectivity index (χ0) is 57.9. The molecule has 3 aliphatic rings. The molecule has 84 heavy (non-hydrogen) atoms. The van der Waals surface area contributed by atoms with E-state index in [1.54, 1.807) is 59.7 Å². The average Bonchev–Trinajstić information content (AvgIpc) is 3.34. The lowest BCUT2D eigenvalue weighted by Crippen LogP contribution is -2.45. The molecule has 3 fully saturated rings. The van der Waals surface area contributed by atoms with Gasteiger partial charge in [0.25, 0.3) is 0 Å². The van der Waals surface area contributed by atoms with Crippen LogP contribution >= 0.6 is 74.5 Å². The Kier molecular flexibility index (Phi) is 22.2. The summed E-state index contributed by atoms with van der Waals surface area (Å²) in [5.41, 5.74) is 6.89. The van der Waals surface area contributed by atoms with Crippen molar-refractivity contribution in [2.45, 2.75) is 116 Å². The predicted molar refractivity (Wildman–Crippen MR) is 346 cm³/mol. The number of likely N-dealkylation sites (tertiary alicyclic amines) is 2. The normalized spacial score (nSPS) is 15.9. The monoisotopic (exact) mass is 1260 g/mol. The first-order valence-electron chi connectivity index (χ1n) is 26.5. The van der Waals surface area contributed by atoms with Gasteiger partial charge in [-0.15, -0.1) is 0 Å². The minimum Gasteiger partial charge on any atom is -0.480 e. The molecule has 16 nitrogen and oxygen atoms in total. The van der Waals surface area contributed by atoms with Crippen molar-refractivity contribution in [1.29, 1.82) is 0 Å². The van der Waals surface area contributed by atoms with Crippen molar-refractivity contribution in [2.24, 2.45) is 5.92 Å². The number of rotatable bonds is 5. The summed E-state index contributed by atoms with van der Waals surface area (Å²) in [4.78, 5) is 75.8. The van der Waals surface area contributed by atoms with Crippen molar-refractivity contribution < 1.29 is 51.7 Å². The number of carbonyl (C=O) groups excluding carboxylic acids is 4. The molecule has 1 aliphatic carbocycles. The molecule has 2 saturated heterocycles. The lowest BCUT2D eigenvalue weighted by Gasteiger charge is -2.27. The third-order valence-corrected chi connectivity index (χ3v) is 16.5. The minimum absolute atomic E-state index is 0. The van der Waals surface area contributed by atoms with Gasteiger partial charge in [-0.2, -0.15) is 40.5 Å². The number of thiazole rings is 3. The fraction of sp³-hybridized carbons (Fsp3) is 0.356. The molecule has 1 saturated carbocycles. The highest BCUT2D eigenvalue weighted by atomic mass is 32.1. The van der Waals surface area contributed by atoms with Gasteiger partial charge in [-0.3, -0.25) is 19.4 Å². The van der Waals surface area contributed by atoms with Gasteiger partial charge in [0.05, 0.1) is 30.6 Å². The van der Waals surface area contributed by atoms with Crippen LogP contribution in [0, 0.1) is 23.4 Å². The van der Waals surface area contributed by atoms with Gasteiger partial charge in [-0.1, -0.05) is 65.1 Å². The summed E-state index contributed by atoms with van der Waals surface area (Å²) in [5.74, 6) is -1.80. The molecule has 0 radical (unpaired) electrons. The maximum atomic E-state index is 13.5. The topological polar surface area (TPSA) is 219 Å². The van der Waals surface area contributed by atoms with Crippen LogP contribution in [0.5, 0.6) is 0 Å². The highest BCUT2D eigenvalue weighted by Crippen LogP contribution is 2.37. The van der Waals surface area contributed by atoms with Crippen molar-refractivity contribution in [2.75, 3.05) is 29.5 Å². The minimum atomic E-state index is -0.960. The van der Waals surface area contributed by atoms with E-state index in [1.165, 1.54) is 80.2 Å². The number of benzene rings is 6. The predicted octanol–water partition coefficient (Wildman–Crippen LogP) is 14.6. The van der Waals surface area contributed by atoms with E-state index in [4.69, 9.17) is 20.3 Å². The van der Waals surface area contributed by atoms with Gasteiger partial charge < -0.3 is 30.9 Å². The van der Waals surface area contributed by atoms with Gasteiger partial charge in [-0.05, 0) is 169 Å². The lowest BCUT2D eigenvalue weighted by molar-refractivity contribution is -0.142. The largest absolute Gasteiger partial charge is 0.480 e. The van der Waals surface area contributed by atoms with Gasteiger partial charge in [0.15, 0.2) is 15.4 Å². The Morgan fingerprint density at radius 1 is 0.536 bits per heavy atom. The number of ether oxygens (including phenoxy) is 2. The van der Waals surface area contributed by atoms with Crippen LogP contribution in [0.15, 0.2) is 91.0 Å². The van der Waals surface area contributed by atoms with Crippen LogP contribution in [-0.4, -0.2) is 96.2 Å². The fourth-order valence-corrected chi connectivity index (χ4v) is 12.8.